The first-order valence-corrected chi connectivity index (χ1v) is 6.20. The van der Waals surface area contributed by atoms with Gasteiger partial charge in [0.2, 0.25) is 0 Å². The minimum absolute atomic E-state index is 0.179. The first-order valence-electron chi connectivity index (χ1n) is 6.20. The van der Waals surface area contributed by atoms with Crippen LogP contribution in [0.25, 0.3) is 11.3 Å². The molecule has 5 nitrogen and oxygen atoms in total. The predicted molar refractivity (Wildman–Crippen MR) is 74.8 cm³/mol. The fraction of sp³-hybridized carbons (Fsp3) is 0.267. The number of carbonyl (C=O) groups is 1. The molecule has 0 saturated heterocycles. The van der Waals surface area contributed by atoms with Crippen molar-refractivity contribution in [2.24, 2.45) is 0 Å². The topological polar surface area (TPSA) is 72.3 Å². The monoisotopic (exact) mass is 272 g/mol. The Hall–Kier alpha value is -2.43. The van der Waals surface area contributed by atoms with E-state index in [1.54, 1.807) is 19.4 Å². The highest BCUT2D eigenvalue weighted by atomic mass is 16.5. The Kier molecular flexibility index (Phi) is 3.98. The molecule has 0 spiro atoms. The van der Waals surface area contributed by atoms with Crippen LogP contribution in [-0.4, -0.2) is 28.2 Å². The number of ether oxygens (including phenoxy) is 1. The van der Waals surface area contributed by atoms with Gasteiger partial charge in [-0.3, -0.25) is 4.79 Å². The number of hydrogen-bond acceptors (Lipinski definition) is 4. The first kappa shape index (κ1) is 14.0. The van der Waals surface area contributed by atoms with Gasteiger partial charge >= 0.3 is 5.97 Å². The van der Waals surface area contributed by atoms with E-state index in [2.05, 4.69) is 9.97 Å². The zero-order valence-corrected chi connectivity index (χ0v) is 11.7. The summed E-state index contributed by atoms with van der Waals surface area (Å²) in [6.45, 7) is 3.93. The van der Waals surface area contributed by atoms with E-state index in [4.69, 9.17) is 9.84 Å². The maximum Gasteiger partial charge on any atom is 0.311 e. The molecule has 0 aliphatic heterocycles. The fourth-order valence-corrected chi connectivity index (χ4v) is 2.06. The van der Waals surface area contributed by atoms with Crippen molar-refractivity contribution in [1.29, 1.82) is 0 Å². The highest BCUT2D eigenvalue weighted by Gasteiger charge is 2.10. The SMILES string of the molecule is COc1cc(C)c(-c2ccnc(CC(=O)O)n2)cc1C. The number of aryl methyl sites for hydroxylation is 2. The zero-order chi connectivity index (χ0) is 14.7. The van der Waals surface area contributed by atoms with Gasteiger partial charge in [-0.25, -0.2) is 9.97 Å². The van der Waals surface area contributed by atoms with E-state index >= 15 is 0 Å². The summed E-state index contributed by atoms with van der Waals surface area (Å²) < 4.78 is 5.28. The van der Waals surface area contributed by atoms with Crippen LogP contribution in [0.3, 0.4) is 0 Å². The lowest BCUT2D eigenvalue weighted by Gasteiger charge is -2.11. The van der Waals surface area contributed by atoms with Crippen molar-refractivity contribution in [3.8, 4) is 17.0 Å². The molecule has 1 aromatic heterocycles. The average Bonchev–Trinajstić information content (AvgIpc) is 2.40. The summed E-state index contributed by atoms with van der Waals surface area (Å²) in [7, 11) is 1.64. The van der Waals surface area contributed by atoms with Gasteiger partial charge in [0.1, 0.15) is 18.0 Å². The maximum absolute atomic E-state index is 10.7. The molecule has 0 saturated carbocycles. The molecule has 0 radical (unpaired) electrons. The van der Waals surface area contributed by atoms with Crippen LogP contribution >= 0.6 is 0 Å². The number of aliphatic carboxylic acids is 1. The highest BCUT2D eigenvalue weighted by Crippen LogP contribution is 2.28. The molecule has 0 unspecified atom stereocenters. The van der Waals surface area contributed by atoms with Gasteiger partial charge in [0.05, 0.1) is 12.8 Å². The average molecular weight is 272 g/mol. The molecule has 104 valence electrons. The van der Waals surface area contributed by atoms with Crippen LogP contribution in [0.5, 0.6) is 5.75 Å². The number of rotatable bonds is 4. The molecule has 5 heteroatoms. The standard InChI is InChI=1S/C15H16N2O3/c1-9-7-13(20-3)10(2)6-11(9)12-4-5-16-14(17-12)8-15(18)19/h4-7H,8H2,1-3H3,(H,18,19). The lowest BCUT2D eigenvalue weighted by atomic mass is 10.0. The quantitative estimate of drug-likeness (QED) is 0.925. The van der Waals surface area contributed by atoms with Crippen LogP contribution < -0.4 is 4.74 Å². The predicted octanol–water partition coefficient (Wildman–Crippen LogP) is 2.40. The third kappa shape index (κ3) is 2.93. The summed E-state index contributed by atoms with van der Waals surface area (Å²) >= 11 is 0. The van der Waals surface area contributed by atoms with Gasteiger partial charge in [-0.05, 0) is 43.2 Å². The van der Waals surface area contributed by atoms with E-state index < -0.39 is 5.97 Å². The second-order valence-electron chi connectivity index (χ2n) is 4.57. The largest absolute Gasteiger partial charge is 0.496 e. The van der Waals surface area contributed by atoms with Gasteiger partial charge < -0.3 is 9.84 Å². The molecule has 0 atom stereocenters. The minimum Gasteiger partial charge on any atom is -0.496 e. The molecule has 1 aromatic carbocycles. The molecular formula is C15H16N2O3. The normalized spacial score (nSPS) is 10.3. The van der Waals surface area contributed by atoms with Gasteiger partial charge in [0, 0.05) is 11.8 Å². The maximum atomic E-state index is 10.7. The summed E-state index contributed by atoms with van der Waals surface area (Å²) in [5.74, 6) is 0.193. The van der Waals surface area contributed by atoms with Crippen molar-refractivity contribution < 1.29 is 14.6 Å². The lowest BCUT2D eigenvalue weighted by Crippen LogP contribution is -2.05. The van der Waals surface area contributed by atoms with E-state index in [-0.39, 0.29) is 6.42 Å². The van der Waals surface area contributed by atoms with Crippen LogP contribution in [0.1, 0.15) is 17.0 Å². The minimum atomic E-state index is -0.940. The summed E-state index contributed by atoms with van der Waals surface area (Å²) in [5.41, 5.74) is 3.70. The number of methoxy groups -OCH3 is 1. The van der Waals surface area contributed by atoms with Gasteiger partial charge in [0.25, 0.3) is 0 Å². The van der Waals surface area contributed by atoms with Crippen LogP contribution in [0.15, 0.2) is 24.4 Å². The molecule has 2 rings (SSSR count). The first-order chi connectivity index (χ1) is 9.51. The summed E-state index contributed by atoms with van der Waals surface area (Å²) in [4.78, 5) is 19.0. The van der Waals surface area contributed by atoms with Gasteiger partial charge in [-0.2, -0.15) is 0 Å². The van der Waals surface area contributed by atoms with Crippen molar-refractivity contribution in [2.45, 2.75) is 20.3 Å². The Bertz CT molecular complexity index is 654. The molecular weight excluding hydrogens is 256 g/mol. The molecule has 0 aliphatic carbocycles. The van der Waals surface area contributed by atoms with E-state index in [1.165, 1.54) is 0 Å². The zero-order valence-electron chi connectivity index (χ0n) is 11.7. The number of carboxylic acids is 1. The summed E-state index contributed by atoms with van der Waals surface area (Å²) in [5, 5.41) is 8.80. The van der Waals surface area contributed by atoms with Crippen molar-refractivity contribution in [3.63, 3.8) is 0 Å². The van der Waals surface area contributed by atoms with E-state index in [1.807, 2.05) is 26.0 Å². The molecule has 1 N–H and O–H groups in total. The Labute approximate surface area is 117 Å². The molecule has 20 heavy (non-hydrogen) atoms. The van der Waals surface area contributed by atoms with E-state index in [9.17, 15) is 4.79 Å². The molecule has 0 aliphatic rings. The van der Waals surface area contributed by atoms with Crippen LogP contribution in [0.4, 0.5) is 0 Å². The number of carboxylic acid groups (broad SMARTS) is 1. The number of benzene rings is 1. The van der Waals surface area contributed by atoms with Crippen molar-refractivity contribution in [3.05, 3.63) is 41.3 Å². The molecule has 1 heterocycles. The van der Waals surface area contributed by atoms with Crippen molar-refractivity contribution in [2.75, 3.05) is 7.11 Å². The van der Waals surface area contributed by atoms with Gasteiger partial charge in [0.15, 0.2) is 0 Å². The smallest absolute Gasteiger partial charge is 0.311 e. The van der Waals surface area contributed by atoms with Gasteiger partial charge in [-0.15, -0.1) is 0 Å². The number of aromatic nitrogens is 2. The third-order valence-corrected chi connectivity index (χ3v) is 3.03. The Morgan fingerprint density at radius 1 is 1.30 bits per heavy atom. The molecule has 2 aromatic rings. The fourth-order valence-electron chi connectivity index (χ4n) is 2.06. The third-order valence-electron chi connectivity index (χ3n) is 3.03. The second kappa shape index (κ2) is 5.69. The molecule has 0 fully saturated rings. The lowest BCUT2D eigenvalue weighted by molar-refractivity contribution is -0.136. The summed E-state index contributed by atoms with van der Waals surface area (Å²) in [6.07, 6.45) is 1.40. The van der Waals surface area contributed by atoms with Crippen molar-refractivity contribution >= 4 is 5.97 Å². The van der Waals surface area contributed by atoms with E-state index in [0.29, 0.717) is 5.82 Å². The van der Waals surface area contributed by atoms with Crippen LogP contribution in [0, 0.1) is 13.8 Å². The Morgan fingerprint density at radius 2 is 2.05 bits per heavy atom. The van der Waals surface area contributed by atoms with Crippen LogP contribution in [0.2, 0.25) is 0 Å². The second-order valence-corrected chi connectivity index (χ2v) is 4.57. The molecule has 0 amide bonds. The number of nitrogens with zero attached hydrogens (tertiary/aromatic N) is 2. The highest BCUT2D eigenvalue weighted by molar-refractivity contribution is 5.70. The van der Waals surface area contributed by atoms with Crippen molar-refractivity contribution in [1.82, 2.24) is 9.97 Å². The Balaban J connectivity index is 2.46. The van der Waals surface area contributed by atoms with Gasteiger partial charge in [-0.1, -0.05) is 0 Å². The summed E-state index contributed by atoms with van der Waals surface area (Å²) in [6, 6.07) is 5.71. The number of hydrogen-bond donors (Lipinski definition) is 1. The van der Waals surface area contributed by atoms with E-state index in [0.717, 1.165) is 28.1 Å². The molecule has 0 bridgehead atoms. The van der Waals surface area contributed by atoms with Crippen LogP contribution in [-0.2, 0) is 11.2 Å². The Morgan fingerprint density at radius 3 is 2.70 bits per heavy atom.